The number of amides is 2. The van der Waals surface area contributed by atoms with Crippen molar-refractivity contribution < 1.29 is 9.59 Å². The minimum atomic E-state index is -0.332. The monoisotopic (exact) mass is 386 g/mol. The van der Waals surface area contributed by atoms with Crippen LogP contribution in [-0.4, -0.2) is 55.6 Å². The molecule has 0 atom stereocenters. The molecule has 0 spiro atoms. The van der Waals surface area contributed by atoms with Gasteiger partial charge in [0.2, 0.25) is 11.8 Å². The minimum absolute atomic E-state index is 0.0164. The number of aromatic nitrogens is 4. The molecule has 28 heavy (non-hydrogen) atoms. The quantitative estimate of drug-likeness (QED) is 0.846. The first-order valence-electron chi connectivity index (χ1n) is 9.30. The molecule has 1 N–H and O–H groups in total. The summed E-state index contributed by atoms with van der Waals surface area (Å²) >= 11 is 0. The van der Waals surface area contributed by atoms with E-state index in [-0.39, 0.29) is 30.3 Å². The van der Waals surface area contributed by atoms with Gasteiger partial charge in [0.15, 0.2) is 0 Å². The lowest BCUT2D eigenvalue weighted by molar-refractivity contribution is -0.134. The Kier molecular flexibility index (Phi) is 6.21. The molecule has 0 saturated carbocycles. The normalized spacial score (nSPS) is 11.4. The summed E-state index contributed by atoms with van der Waals surface area (Å²) in [6.45, 7) is 13.3. The smallest absolute Gasteiger partial charge is 0.251 e. The van der Waals surface area contributed by atoms with E-state index >= 15 is 0 Å². The van der Waals surface area contributed by atoms with E-state index in [1.54, 1.807) is 11.7 Å². The number of nitrogens with one attached hydrogen (secondary N) is 1. The Bertz CT molecular complexity index is 875. The molecule has 2 rings (SSSR count). The van der Waals surface area contributed by atoms with Gasteiger partial charge in [0, 0.05) is 35.2 Å². The Labute approximate surface area is 166 Å². The second-order valence-electron chi connectivity index (χ2n) is 8.24. The number of hydrogen-bond acceptors (Lipinski definition) is 5. The Balaban J connectivity index is 2.17. The molecule has 2 heterocycles. The summed E-state index contributed by atoms with van der Waals surface area (Å²) in [5.41, 5.74) is 3.79. The molecule has 0 bridgehead atoms. The second-order valence-corrected chi connectivity index (χ2v) is 8.24. The highest BCUT2D eigenvalue weighted by atomic mass is 16.2. The molecule has 0 aliphatic heterocycles. The van der Waals surface area contributed by atoms with E-state index in [1.807, 2.05) is 54.5 Å². The summed E-state index contributed by atoms with van der Waals surface area (Å²) in [4.78, 5) is 35.1. The molecule has 0 fully saturated rings. The SMILES string of the molecule is Cc1cc(C)nc(-n2nc(C)c(CC(=O)N(C)CC(=O)NC(C)(C)C)c2C)n1. The Morgan fingerprint density at radius 2 is 1.68 bits per heavy atom. The van der Waals surface area contributed by atoms with Crippen LogP contribution in [-0.2, 0) is 16.0 Å². The van der Waals surface area contributed by atoms with E-state index in [0.717, 1.165) is 28.3 Å². The molecular weight excluding hydrogens is 356 g/mol. The molecule has 8 nitrogen and oxygen atoms in total. The van der Waals surface area contributed by atoms with E-state index < -0.39 is 0 Å². The molecule has 2 aromatic heterocycles. The van der Waals surface area contributed by atoms with Gasteiger partial charge in [-0.05, 0) is 54.5 Å². The number of likely N-dealkylation sites (N-methyl/N-ethyl adjacent to an activating group) is 1. The summed E-state index contributed by atoms with van der Waals surface area (Å²) in [6.07, 6.45) is 0.168. The molecule has 0 aromatic carbocycles. The van der Waals surface area contributed by atoms with Crippen molar-refractivity contribution in [3.05, 3.63) is 34.4 Å². The first-order chi connectivity index (χ1) is 12.9. The van der Waals surface area contributed by atoms with Crippen molar-refractivity contribution in [3.63, 3.8) is 0 Å². The van der Waals surface area contributed by atoms with E-state index in [2.05, 4.69) is 20.4 Å². The number of hydrogen-bond donors (Lipinski definition) is 1. The van der Waals surface area contributed by atoms with Gasteiger partial charge in [-0.2, -0.15) is 5.10 Å². The molecule has 0 radical (unpaired) electrons. The third kappa shape index (κ3) is 5.37. The van der Waals surface area contributed by atoms with Crippen molar-refractivity contribution in [2.24, 2.45) is 0 Å². The van der Waals surface area contributed by atoms with Crippen LogP contribution >= 0.6 is 0 Å². The second kappa shape index (κ2) is 8.08. The fourth-order valence-corrected chi connectivity index (χ4v) is 2.98. The molecule has 8 heteroatoms. The van der Waals surface area contributed by atoms with Gasteiger partial charge in [0.05, 0.1) is 18.7 Å². The first-order valence-corrected chi connectivity index (χ1v) is 9.30. The topological polar surface area (TPSA) is 93.0 Å². The maximum absolute atomic E-state index is 12.6. The van der Waals surface area contributed by atoms with E-state index in [1.165, 1.54) is 4.90 Å². The number of aryl methyl sites for hydroxylation is 3. The third-order valence-electron chi connectivity index (χ3n) is 4.25. The summed E-state index contributed by atoms with van der Waals surface area (Å²) in [5.74, 6) is 0.169. The van der Waals surface area contributed by atoms with Crippen molar-refractivity contribution in [2.45, 2.75) is 60.4 Å². The molecule has 0 aliphatic carbocycles. The lowest BCUT2D eigenvalue weighted by atomic mass is 10.1. The zero-order chi connectivity index (χ0) is 21.2. The number of carbonyl (C=O) groups is 2. The molecule has 2 amide bonds. The van der Waals surface area contributed by atoms with Crippen LogP contribution in [0.3, 0.4) is 0 Å². The van der Waals surface area contributed by atoms with Crippen molar-refractivity contribution in [1.29, 1.82) is 0 Å². The van der Waals surface area contributed by atoms with Crippen LogP contribution in [0.2, 0.25) is 0 Å². The number of nitrogens with zero attached hydrogens (tertiary/aromatic N) is 5. The summed E-state index contributed by atoms with van der Waals surface area (Å²) < 4.78 is 1.67. The van der Waals surface area contributed by atoms with Crippen LogP contribution in [0, 0.1) is 27.7 Å². The highest BCUT2D eigenvalue weighted by Crippen LogP contribution is 2.18. The van der Waals surface area contributed by atoms with Crippen LogP contribution in [0.5, 0.6) is 0 Å². The first kappa shape index (κ1) is 21.5. The maximum Gasteiger partial charge on any atom is 0.251 e. The number of carbonyl (C=O) groups excluding carboxylic acids is 2. The minimum Gasteiger partial charge on any atom is -0.350 e. The highest BCUT2D eigenvalue weighted by molar-refractivity contribution is 5.86. The molecular formula is C20H30N6O2. The van der Waals surface area contributed by atoms with E-state index in [9.17, 15) is 9.59 Å². The van der Waals surface area contributed by atoms with Crippen molar-refractivity contribution in [1.82, 2.24) is 30.0 Å². The fourth-order valence-electron chi connectivity index (χ4n) is 2.98. The molecule has 2 aromatic rings. The average Bonchev–Trinajstić information content (AvgIpc) is 2.80. The van der Waals surface area contributed by atoms with Crippen LogP contribution in [0.15, 0.2) is 6.07 Å². The van der Waals surface area contributed by atoms with Gasteiger partial charge in [-0.15, -0.1) is 0 Å². The van der Waals surface area contributed by atoms with Gasteiger partial charge in [0.1, 0.15) is 0 Å². The Morgan fingerprint density at radius 3 is 2.21 bits per heavy atom. The zero-order valence-electron chi connectivity index (χ0n) is 18.0. The van der Waals surface area contributed by atoms with Gasteiger partial charge in [-0.25, -0.2) is 14.6 Å². The van der Waals surface area contributed by atoms with Crippen molar-refractivity contribution in [3.8, 4) is 5.95 Å². The van der Waals surface area contributed by atoms with E-state index in [4.69, 9.17) is 0 Å². The van der Waals surface area contributed by atoms with Gasteiger partial charge in [-0.1, -0.05) is 0 Å². The van der Waals surface area contributed by atoms with Gasteiger partial charge < -0.3 is 10.2 Å². The van der Waals surface area contributed by atoms with E-state index in [0.29, 0.717) is 5.95 Å². The summed E-state index contributed by atoms with van der Waals surface area (Å²) in [7, 11) is 1.63. The van der Waals surface area contributed by atoms with Crippen molar-refractivity contribution in [2.75, 3.05) is 13.6 Å². The van der Waals surface area contributed by atoms with Crippen LogP contribution in [0.25, 0.3) is 5.95 Å². The third-order valence-corrected chi connectivity index (χ3v) is 4.25. The van der Waals surface area contributed by atoms with Gasteiger partial charge >= 0.3 is 0 Å². The predicted molar refractivity (Wildman–Crippen MR) is 107 cm³/mol. The van der Waals surface area contributed by atoms with Gasteiger partial charge in [0.25, 0.3) is 5.95 Å². The fraction of sp³-hybridized carbons (Fsp3) is 0.550. The summed E-state index contributed by atoms with van der Waals surface area (Å²) in [6, 6.07) is 1.90. The lowest BCUT2D eigenvalue weighted by Crippen LogP contribution is -2.46. The molecule has 152 valence electrons. The highest BCUT2D eigenvalue weighted by Gasteiger charge is 2.21. The predicted octanol–water partition coefficient (Wildman–Crippen LogP) is 1.81. The Hall–Kier alpha value is -2.77. The lowest BCUT2D eigenvalue weighted by Gasteiger charge is -2.23. The van der Waals surface area contributed by atoms with Crippen LogP contribution < -0.4 is 5.32 Å². The van der Waals surface area contributed by atoms with Crippen LogP contribution in [0.1, 0.15) is 49.1 Å². The largest absolute Gasteiger partial charge is 0.350 e. The van der Waals surface area contributed by atoms with Crippen molar-refractivity contribution >= 4 is 11.8 Å². The standard InChI is InChI=1S/C20H30N6O2/c1-12-9-13(2)22-19(21-12)26-15(4)16(14(3)24-26)10-18(28)25(8)11-17(27)23-20(5,6)7/h9H,10-11H2,1-8H3,(H,23,27). The molecule has 0 saturated heterocycles. The maximum atomic E-state index is 12.6. The Morgan fingerprint density at radius 1 is 1.11 bits per heavy atom. The average molecular weight is 387 g/mol. The molecule has 0 unspecified atom stereocenters. The summed E-state index contributed by atoms with van der Waals surface area (Å²) in [5, 5.41) is 7.39. The number of rotatable bonds is 5. The molecule has 0 aliphatic rings. The zero-order valence-corrected chi connectivity index (χ0v) is 18.0. The van der Waals surface area contributed by atoms with Gasteiger partial charge in [-0.3, -0.25) is 9.59 Å². The van der Waals surface area contributed by atoms with Crippen LogP contribution in [0.4, 0.5) is 0 Å².